The Morgan fingerprint density at radius 3 is 2.18 bits per heavy atom. The van der Waals surface area contributed by atoms with Gasteiger partial charge < -0.3 is 44.2 Å². The summed E-state index contributed by atoms with van der Waals surface area (Å²) < 4.78 is 38.7. The van der Waals surface area contributed by atoms with Gasteiger partial charge in [-0.2, -0.15) is 0 Å². The lowest BCUT2D eigenvalue weighted by Gasteiger charge is -2.33. The maximum Gasteiger partial charge on any atom is 0.414 e. The third-order valence-electron chi connectivity index (χ3n) is 9.81. The van der Waals surface area contributed by atoms with Gasteiger partial charge in [-0.1, -0.05) is 33.8 Å². The minimum Gasteiger partial charge on any atom is -0.493 e. The fourth-order valence-electron chi connectivity index (χ4n) is 6.18. The molecular weight excluding hydrogens is 726 g/mol. The first-order chi connectivity index (χ1) is 26.2. The van der Waals surface area contributed by atoms with Crippen LogP contribution in [0.25, 0.3) is 0 Å². The molecule has 1 aromatic rings. The molecule has 318 valence electrons. The molecule has 2 rings (SSSR count). The topological polar surface area (TPSA) is 191 Å². The molecule has 15 nitrogen and oxygen atoms in total. The van der Waals surface area contributed by atoms with Gasteiger partial charge in [0.25, 0.3) is 0 Å². The van der Waals surface area contributed by atoms with Crippen LogP contribution in [-0.2, 0) is 49.3 Å². The molecule has 1 aliphatic heterocycles. The van der Waals surface area contributed by atoms with Crippen LogP contribution in [0.3, 0.4) is 0 Å². The van der Waals surface area contributed by atoms with Crippen LogP contribution in [0.1, 0.15) is 100.0 Å². The van der Waals surface area contributed by atoms with Crippen molar-refractivity contribution in [3.05, 3.63) is 23.8 Å². The van der Waals surface area contributed by atoms with Crippen LogP contribution < -0.4 is 20.5 Å². The van der Waals surface area contributed by atoms with E-state index in [2.05, 4.69) is 19.2 Å². The number of carbonyl (C=O) groups excluding carboxylic acids is 5. The Morgan fingerprint density at radius 2 is 1.59 bits per heavy atom. The molecule has 0 unspecified atom stereocenters. The molecule has 1 saturated heterocycles. The summed E-state index contributed by atoms with van der Waals surface area (Å²) in [5.41, 5.74) is 4.93. The molecule has 1 heterocycles. The average molecular weight is 794 g/mol. The van der Waals surface area contributed by atoms with Gasteiger partial charge in [-0.05, 0) is 89.3 Å². The lowest BCUT2D eigenvalue weighted by Crippen LogP contribution is -2.47. The molecule has 1 aliphatic rings. The van der Waals surface area contributed by atoms with Crippen molar-refractivity contribution in [3.63, 3.8) is 0 Å². The molecule has 0 spiro atoms. The highest BCUT2D eigenvalue weighted by Crippen LogP contribution is 2.36. The number of nitrogens with zero attached hydrogens (tertiary/aromatic N) is 1. The normalized spacial score (nSPS) is 17.0. The van der Waals surface area contributed by atoms with Crippen molar-refractivity contribution in [1.82, 2.24) is 10.2 Å². The predicted octanol–water partition coefficient (Wildman–Crippen LogP) is 5.39. The summed E-state index contributed by atoms with van der Waals surface area (Å²) in [5, 5.41) is 2.90. The van der Waals surface area contributed by atoms with Crippen molar-refractivity contribution in [1.29, 1.82) is 0 Å². The number of esters is 2. The molecular formula is C41H67N3O12. The molecule has 4 atom stereocenters. The summed E-state index contributed by atoms with van der Waals surface area (Å²) >= 11 is 0. The molecule has 3 N–H and O–H groups in total. The molecule has 0 aromatic heterocycles. The van der Waals surface area contributed by atoms with E-state index in [1.165, 1.54) is 4.90 Å². The van der Waals surface area contributed by atoms with E-state index in [0.29, 0.717) is 44.0 Å². The zero-order chi connectivity index (χ0) is 42.2. The minimum atomic E-state index is -0.940. The third-order valence-corrected chi connectivity index (χ3v) is 9.81. The number of benzene rings is 1. The number of primary amides is 1. The van der Waals surface area contributed by atoms with E-state index in [-0.39, 0.29) is 49.8 Å². The number of carbonyl (C=O) groups is 5. The SMILES string of the molecule is COCCCOc1cc(C[C@@H](C[C@H]2[C@H](C[C@H](C(=O)NCC(C)(C)C(N)=O)C(C)C)OCN2C(=O)OCOC(=O)CCC(=O)OC(C)(C)C)C(C)C)ccc1OC. The van der Waals surface area contributed by atoms with E-state index in [9.17, 15) is 24.0 Å². The summed E-state index contributed by atoms with van der Waals surface area (Å²) in [6.07, 6.45) is 0.463. The van der Waals surface area contributed by atoms with Gasteiger partial charge >= 0.3 is 18.0 Å². The molecule has 0 saturated carbocycles. The van der Waals surface area contributed by atoms with Crippen molar-refractivity contribution in [3.8, 4) is 11.5 Å². The second-order valence-corrected chi connectivity index (χ2v) is 16.7. The molecule has 0 bridgehead atoms. The second-order valence-electron chi connectivity index (χ2n) is 16.7. The van der Waals surface area contributed by atoms with Gasteiger partial charge in [0.15, 0.2) is 11.5 Å². The maximum atomic E-state index is 13.6. The number of nitrogens with one attached hydrogen (secondary N) is 1. The van der Waals surface area contributed by atoms with Crippen LogP contribution in [0, 0.1) is 29.1 Å². The molecule has 0 radical (unpaired) electrons. The highest BCUT2D eigenvalue weighted by molar-refractivity contribution is 5.83. The fraction of sp³-hybridized carbons (Fsp3) is 0.732. The van der Waals surface area contributed by atoms with Crippen molar-refractivity contribution >= 4 is 29.8 Å². The van der Waals surface area contributed by atoms with E-state index >= 15 is 0 Å². The maximum absolute atomic E-state index is 13.6. The van der Waals surface area contributed by atoms with Crippen LogP contribution >= 0.6 is 0 Å². The zero-order valence-electron chi connectivity index (χ0n) is 35.4. The number of amides is 3. The summed E-state index contributed by atoms with van der Waals surface area (Å²) in [4.78, 5) is 64.9. The minimum absolute atomic E-state index is 0.0441. The van der Waals surface area contributed by atoms with Crippen LogP contribution in [0.2, 0.25) is 0 Å². The first-order valence-corrected chi connectivity index (χ1v) is 19.5. The highest BCUT2D eigenvalue weighted by Gasteiger charge is 2.43. The number of rotatable bonds is 23. The number of ether oxygens (including phenoxy) is 7. The van der Waals surface area contributed by atoms with Crippen molar-refractivity contribution in [2.24, 2.45) is 34.8 Å². The quantitative estimate of drug-likeness (QED) is 0.0817. The predicted molar refractivity (Wildman–Crippen MR) is 208 cm³/mol. The summed E-state index contributed by atoms with van der Waals surface area (Å²) in [7, 11) is 3.24. The van der Waals surface area contributed by atoms with Crippen LogP contribution in [0.5, 0.6) is 11.5 Å². The number of hydrogen-bond acceptors (Lipinski definition) is 12. The average Bonchev–Trinajstić information content (AvgIpc) is 3.51. The second kappa shape index (κ2) is 22.6. The Kier molecular flexibility index (Phi) is 19.4. The summed E-state index contributed by atoms with van der Waals surface area (Å²) in [6.45, 7) is 17.0. The van der Waals surface area contributed by atoms with E-state index in [1.54, 1.807) is 48.8 Å². The highest BCUT2D eigenvalue weighted by atomic mass is 16.7. The summed E-state index contributed by atoms with van der Waals surface area (Å²) in [5.74, 6) is -1.17. The van der Waals surface area contributed by atoms with Gasteiger partial charge in [0.1, 0.15) is 12.3 Å². The lowest BCUT2D eigenvalue weighted by molar-refractivity contribution is -0.161. The monoisotopic (exact) mass is 793 g/mol. The lowest BCUT2D eigenvalue weighted by atomic mass is 9.80. The van der Waals surface area contributed by atoms with Crippen LogP contribution in [-0.4, -0.2) is 100.0 Å². The number of methoxy groups -OCH3 is 2. The van der Waals surface area contributed by atoms with Gasteiger partial charge in [0, 0.05) is 32.6 Å². The van der Waals surface area contributed by atoms with Crippen LogP contribution in [0.15, 0.2) is 18.2 Å². The number of nitrogens with two attached hydrogens (primary N) is 1. The Hall–Kier alpha value is -4.11. The molecule has 15 heteroatoms. The van der Waals surface area contributed by atoms with Gasteiger partial charge in [0.05, 0.1) is 44.1 Å². The van der Waals surface area contributed by atoms with E-state index in [1.807, 2.05) is 32.0 Å². The van der Waals surface area contributed by atoms with Crippen LogP contribution in [0.4, 0.5) is 4.79 Å². The third kappa shape index (κ3) is 16.2. The smallest absolute Gasteiger partial charge is 0.414 e. The van der Waals surface area contributed by atoms with Gasteiger partial charge in [-0.25, -0.2) is 4.79 Å². The Morgan fingerprint density at radius 1 is 0.911 bits per heavy atom. The Balaban J connectivity index is 2.30. The fourth-order valence-corrected chi connectivity index (χ4v) is 6.18. The number of hydrogen-bond donors (Lipinski definition) is 2. The Labute approximate surface area is 332 Å². The first-order valence-electron chi connectivity index (χ1n) is 19.5. The van der Waals surface area contributed by atoms with Gasteiger partial charge in [-0.3, -0.25) is 24.1 Å². The van der Waals surface area contributed by atoms with Crippen molar-refractivity contribution in [2.45, 2.75) is 119 Å². The molecule has 1 fully saturated rings. The van der Waals surface area contributed by atoms with E-state index < -0.39 is 59.8 Å². The molecule has 56 heavy (non-hydrogen) atoms. The first kappa shape index (κ1) is 48.0. The van der Waals surface area contributed by atoms with Crippen molar-refractivity contribution < 1.29 is 57.1 Å². The summed E-state index contributed by atoms with van der Waals surface area (Å²) in [6, 6.07) is 5.34. The van der Waals surface area contributed by atoms with E-state index in [0.717, 1.165) is 12.0 Å². The Bertz CT molecular complexity index is 1440. The van der Waals surface area contributed by atoms with Gasteiger partial charge in [-0.15, -0.1) is 0 Å². The van der Waals surface area contributed by atoms with Crippen molar-refractivity contribution in [2.75, 3.05) is 47.5 Å². The standard InChI is InChI=1S/C41H67N3O12/c1-26(2)29(19-28-13-14-32(51-11)34(20-28)52-18-12-17-50-10)21-31-33(22-30(27(3)4)37(47)43-23-41(8,9)38(42)48)53-24-44(31)39(49)55-25-54-35(45)15-16-36(46)56-40(5,6)7/h13-14,20,26-27,29-31,33H,12,15-19,21-25H2,1-11H3,(H2,42,48)(H,43,47)/t29-,30-,31-,33-/m0/s1. The molecule has 3 amide bonds. The zero-order valence-corrected chi connectivity index (χ0v) is 35.4. The largest absolute Gasteiger partial charge is 0.493 e. The molecule has 1 aromatic carbocycles. The van der Waals surface area contributed by atoms with Gasteiger partial charge in [0.2, 0.25) is 18.6 Å². The molecule has 0 aliphatic carbocycles. The van der Waals surface area contributed by atoms with E-state index in [4.69, 9.17) is 38.9 Å².